The number of ketones is 1. The molecule has 0 spiro atoms. The number of carbonyl (C=O) groups excluding carboxylic acids is 1. The maximum Gasteiger partial charge on any atom is 0.488 e. The average Bonchev–Trinajstić information content (AvgIpc) is 1.57. The molecule has 8 N–H and O–H groups in total. The summed E-state index contributed by atoms with van der Waals surface area (Å²) in [6.45, 7) is 2.00. The van der Waals surface area contributed by atoms with Gasteiger partial charge in [0.2, 0.25) is 0 Å². The van der Waals surface area contributed by atoms with Crippen LogP contribution in [0.1, 0.15) is 51.0 Å². The summed E-state index contributed by atoms with van der Waals surface area (Å²) in [5.74, 6) is 0.0752. The Morgan fingerprint density at radius 1 is 0.277 bits per heavy atom. The first-order chi connectivity index (χ1) is 67.4. The zero-order valence-electron chi connectivity index (χ0n) is 75.1. The van der Waals surface area contributed by atoms with Crippen LogP contribution in [-0.4, -0.2) is 61.3 Å². The Morgan fingerprint density at radius 3 is 0.832 bits per heavy atom. The maximum atomic E-state index is 11.8. The molecule has 4 heterocycles. The van der Waals surface area contributed by atoms with Gasteiger partial charge in [-0.2, -0.15) is 0 Å². The second kappa shape index (κ2) is 47.3. The normalized spacial score (nSPS) is 11.1. The van der Waals surface area contributed by atoms with Gasteiger partial charge in [0.1, 0.15) is 0 Å². The van der Waals surface area contributed by atoms with E-state index in [1.54, 1.807) is 6.07 Å². The Kier molecular flexibility index (Phi) is 32.6. The summed E-state index contributed by atoms with van der Waals surface area (Å²) in [5, 5.41) is 30.0. The number of hydrogen-bond acceptors (Lipinski definition) is 9. The number of rotatable bonds is 14. The first-order valence-corrected chi connectivity index (χ1v) is 47.1. The number of aliphatic imine (C=N–C) groups is 2. The van der Waals surface area contributed by atoms with Crippen molar-refractivity contribution in [2.45, 2.75) is 12.8 Å². The van der Waals surface area contributed by atoms with E-state index in [2.05, 4.69) is 342 Å². The molecule has 670 valence electrons. The van der Waals surface area contributed by atoms with Crippen LogP contribution < -0.4 is 22.2 Å². The standard InChI is InChI=1S/C37H26N2.C24H18N2.C19H14BrN.C18H14BNO2.C13H10O.C6H6BrN.C4H8O.ClH2N/c1-4-12-28(13-5-1)37(29-14-6-2-7-15-29)38-31-23-20-27(21-24-31)30-22-25-36-34(26-30)33-18-10-11-19-35(33)39(36)32-16-8-3-9-17-32;25-19-13-10-17(11-14-19)18-12-15-24-22(16-18)21-8-4-5-9-23(21)26(24)20-6-2-1-3-7-20;20-17-11-13-18(14-12-17)21-19(15-7-3-1-4-8-15)16-9-5-2-6-10-16;21-19(22)13-10-11-18-16(12-13)15-8-4-5-9-17(15)20(18)14-6-2-1-3-7-14;14-13(11-7-3-1-4-8-11)12-9-5-2-6-10-12;7-5-1-3-6(8)4-2-5;1-2-4-5-3-1;1-2/h1-26H;1-16H,25H2;1-14H;1-12,21-22H;1-10H;1-4H,8H2;1-4H2;2H2. The number of carbonyl (C=O) groups is 1. The number of ether oxygens (including phenoxy) is 1. The summed E-state index contributed by atoms with van der Waals surface area (Å²) in [4.78, 5) is 21.8. The second-order valence-corrected chi connectivity index (χ2v) is 34.0. The predicted octanol–water partition coefficient (Wildman–Crippen LogP) is 29.6. The molecule has 1 fully saturated rings. The van der Waals surface area contributed by atoms with Crippen LogP contribution in [0.25, 0.3) is 105 Å². The Bertz CT molecular complexity index is 7570. The van der Waals surface area contributed by atoms with E-state index in [0.29, 0.717) is 5.46 Å². The molecule has 0 atom stereocenters. The minimum Gasteiger partial charge on any atom is -0.423 e. The average molecular weight is 1930 g/mol. The molecule has 1 saturated heterocycles. The molecule has 137 heavy (non-hydrogen) atoms. The number of nitrogen functional groups attached to an aromatic ring is 2. The first-order valence-electron chi connectivity index (χ1n) is 45.1. The lowest BCUT2D eigenvalue weighted by Crippen LogP contribution is -2.29. The largest absolute Gasteiger partial charge is 0.488 e. The number of para-hydroxylation sites is 6. The smallest absolute Gasteiger partial charge is 0.423 e. The lowest BCUT2D eigenvalue weighted by Gasteiger charge is -2.09. The monoisotopic (exact) mass is 1930 g/mol. The summed E-state index contributed by atoms with van der Waals surface area (Å²) < 4.78 is 13.9. The molecular formula is C121H98BBr2ClN8O4. The number of anilines is 2. The van der Waals surface area contributed by atoms with Crippen molar-refractivity contribution in [2.75, 3.05) is 24.7 Å². The van der Waals surface area contributed by atoms with E-state index in [1.165, 1.54) is 90.1 Å². The molecule has 23 rings (SSSR count). The Morgan fingerprint density at radius 2 is 0.526 bits per heavy atom. The fourth-order valence-corrected chi connectivity index (χ4v) is 17.0. The van der Waals surface area contributed by atoms with E-state index in [9.17, 15) is 14.8 Å². The third kappa shape index (κ3) is 23.9. The van der Waals surface area contributed by atoms with Crippen LogP contribution in [-0.2, 0) is 4.74 Å². The zero-order valence-corrected chi connectivity index (χ0v) is 79.0. The maximum absolute atomic E-state index is 11.8. The number of benzene rings is 19. The number of hydrogen-bond donors (Lipinski definition) is 5. The highest BCUT2D eigenvalue weighted by Gasteiger charge is 2.20. The summed E-state index contributed by atoms with van der Waals surface area (Å²) >= 11 is 10.9. The predicted molar refractivity (Wildman–Crippen MR) is 583 cm³/mol. The second-order valence-electron chi connectivity index (χ2n) is 32.1. The molecule has 22 aromatic rings. The van der Waals surface area contributed by atoms with Crippen LogP contribution in [0, 0.1) is 0 Å². The molecule has 0 radical (unpaired) electrons. The number of aromatic nitrogens is 3. The van der Waals surface area contributed by atoms with E-state index >= 15 is 0 Å². The lowest BCUT2D eigenvalue weighted by molar-refractivity contribution is 0.103. The molecule has 19 aromatic carbocycles. The van der Waals surface area contributed by atoms with E-state index in [0.717, 1.165) is 117 Å². The van der Waals surface area contributed by atoms with E-state index in [1.807, 2.05) is 212 Å². The third-order valence-corrected chi connectivity index (χ3v) is 24.2. The molecule has 0 saturated carbocycles. The van der Waals surface area contributed by atoms with Crippen molar-refractivity contribution >= 4 is 162 Å². The number of nitrogens with two attached hydrogens (primary N) is 3. The lowest BCUT2D eigenvalue weighted by atomic mass is 9.80. The van der Waals surface area contributed by atoms with Gasteiger partial charge in [0.25, 0.3) is 0 Å². The molecule has 0 bridgehead atoms. The zero-order chi connectivity index (χ0) is 94.4. The molecule has 0 unspecified atom stereocenters. The van der Waals surface area contributed by atoms with E-state index in [-0.39, 0.29) is 5.78 Å². The number of nitrogens with zero attached hydrogens (tertiary/aromatic N) is 5. The fourth-order valence-electron chi connectivity index (χ4n) is 16.5. The van der Waals surface area contributed by atoms with E-state index < -0.39 is 7.12 Å². The van der Waals surface area contributed by atoms with E-state index in [4.69, 9.17) is 26.2 Å². The van der Waals surface area contributed by atoms with Gasteiger partial charge < -0.3 is 40.0 Å². The molecule has 12 nitrogen and oxygen atoms in total. The van der Waals surface area contributed by atoms with Crippen LogP contribution in [0.15, 0.2) is 516 Å². The summed E-state index contributed by atoms with van der Waals surface area (Å²) in [7, 11) is -1.46. The SMILES string of the molecule is Brc1ccc(N=C(c2ccccc2)c2ccccc2)cc1.C1CCOC1.NCl.Nc1ccc(-c2ccc3c(c2)c2ccccc2n3-c2ccccc2)cc1.Nc1ccc(Br)cc1.O=C(c1ccccc1)c1ccccc1.OB(O)c1ccc2c(c1)c1ccccc1n2-c1ccccc1.c1ccc(C(=Nc2ccc(-c3ccc4c(c3)c3ccccc3n4-c3ccccc3)cc2)c2ccccc2)cc1. The highest BCUT2D eigenvalue weighted by molar-refractivity contribution is 9.10. The highest BCUT2D eigenvalue weighted by Crippen LogP contribution is 2.39. The van der Waals surface area contributed by atoms with Gasteiger partial charge in [-0.25, -0.2) is 15.2 Å². The van der Waals surface area contributed by atoms with Crippen LogP contribution in [0.5, 0.6) is 0 Å². The van der Waals surface area contributed by atoms with Crippen LogP contribution >= 0.6 is 43.6 Å². The highest BCUT2D eigenvalue weighted by atomic mass is 79.9. The van der Waals surface area contributed by atoms with Crippen LogP contribution in [0.2, 0.25) is 0 Å². The minimum atomic E-state index is -1.46. The Labute approximate surface area is 820 Å². The van der Waals surface area contributed by atoms with Crippen molar-refractivity contribution in [3.05, 3.63) is 540 Å². The van der Waals surface area contributed by atoms with Gasteiger partial charge in [-0.15, -0.1) is 0 Å². The molecule has 0 aliphatic carbocycles. The van der Waals surface area contributed by atoms with Crippen molar-refractivity contribution in [1.82, 2.24) is 13.7 Å². The first kappa shape index (κ1) is 94.5. The number of halogens is 3. The summed E-state index contributed by atoms with van der Waals surface area (Å²) in [6, 6.07) is 168. The van der Waals surface area contributed by atoms with Crippen molar-refractivity contribution in [3.63, 3.8) is 0 Å². The van der Waals surface area contributed by atoms with Gasteiger partial charge in [-0.1, -0.05) is 372 Å². The van der Waals surface area contributed by atoms with Crippen molar-refractivity contribution in [1.29, 1.82) is 0 Å². The van der Waals surface area contributed by atoms with Gasteiger partial charge in [0.05, 0.1) is 55.9 Å². The molecule has 0 amide bonds. The van der Waals surface area contributed by atoms with Gasteiger partial charge in [-0.05, 0) is 210 Å². The Hall–Kier alpha value is -15.7. The van der Waals surface area contributed by atoms with Gasteiger partial charge in [0, 0.05) is 116 Å². The van der Waals surface area contributed by atoms with Gasteiger partial charge in [0.15, 0.2) is 5.78 Å². The quantitative estimate of drug-likeness (QED) is 0.0236. The minimum absolute atomic E-state index is 0.0752. The van der Waals surface area contributed by atoms with Crippen molar-refractivity contribution < 1.29 is 19.6 Å². The van der Waals surface area contributed by atoms with Crippen molar-refractivity contribution in [3.8, 4) is 39.3 Å². The summed E-state index contributed by atoms with van der Waals surface area (Å²) in [5.41, 5.74) is 38.3. The molecular weight excluding hydrogens is 1840 g/mol. The van der Waals surface area contributed by atoms with Gasteiger partial charge in [-0.3, -0.25) is 4.79 Å². The topological polar surface area (TPSA) is 184 Å². The molecule has 1 aliphatic rings. The summed E-state index contributed by atoms with van der Waals surface area (Å²) in [6.07, 6.45) is 2.56. The molecule has 16 heteroatoms. The molecule has 1 aliphatic heterocycles. The number of fused-ring (bicyclic) bond motifs is 9. The van der Waals surface area contributed by atoms with Gasteiger partial charge >= 0.3 is 7.12 Å². The van der Waals surface area contributed by atoms with Crippen LogP contribution in [0.4, 0.5) is 22.7 Å². The third-order valence-electron chi connectivity index (χ3n) is 23.1. The fraction of sp³-hybridized carbons (Fsp3) is 0.0331. The van der Waals surface area contributed by atoms with Crippen LogP contribution in [0.3, 0.4) is 0 Å². The Balaban J connectivity index is 0.000000123. The molecule has 3 aromatic heterocycles. The van der Waals surface area contributed by atoms with Crippen molar-refractivity contribution in [2.24, 2.45) is 15.2 Å².